The molecule has 0 unspecified atom stereocenters. The molecule has 0 saturated heterocycles. The van der Waals surface area contributed by atoms with E-state index in [1.165, 1.54) is 24.6 Å². The lowest BCUT2D eigenvalue weighted by atomic mass is 10.1. The third kappa shape index (κ3) is 2.40. The number of halogens is 3. The van der Waals surface area contributed by atoms with Gasteiger partial charge in [-0.2, -0.15) is 21.6 Å². The maximum Gasteiger partial charge on any atom is 0.516 e. The van der Waals surface area contributed by atoms with E-state index in [4.69, 9.17) is 4.42 Å². The Morgan fingerprint density at radius 1 is 1.30 bits per heavy atom. The van der Waals surface area contributed by atoms with Gasteiger partial charge in [-0.1, -0.05) is 11.3 Å². The molecule has 5 nitrogen and oxygen atoms in total. The number of fused-ring (bicyclic) bond motifs is 1. The molecule has 0 aliphatic carbocycles. The third-order valence-corrected chi connectivity index (χ3v) is 4.64. The van der Waals surface area contributed by atoms with Crippen LogP contribution in [0.15, 0.2) is 15.3 Å². The van der Waals surface area contributed by atoms with Gasteiger partial charge < -0.3 is 4.42 Å². The van der Waals surface area contributed by atoms with Gasteiger partial charge in [0.15, 0.2) is 0 Å². The second-order valence-electron chi connectivity index (χ2n) is 4.03. The van der Waals surface area contributed by atoms with Crippen molar-refractivity contribution >= 4 is 37.3 Å². The molecule has 0 bridgehead atoms. The normalized spacial score (nSPS) is 12.8. The fourth-order valence-electron chi connectivity index (χ4n) is 1.67. The largest absolute Gasteiger partial charge is 0.516 e. The predicted octanol–water partition coefficient (Wildman–Crippen LogP) is 2.73. The van der Waals surface area contributed by atoms with Crippen LogP contribution in [-0.2, 0) is 10.0 Å². The van der Waals surface area contributed by atoms with Gasteiger partial charge in [-0.05, 0) is 31.0 Å². The van der Waals surface area contributed by atoms with Crippen LogP contribution in [0.25, 0.3) is 10.3 Å². The zero-order chi connectivity index (χ0) is 15.3. The van der Waals surface area contributed by atoms with Crippen LogP contribution in [0.4, 0.5) is 18.9 Å². The number of nitrogens with one attached hydrogen (secondary N) is 1. The van der Waals surface area contributed by atoms with Crippen LogP contribution in [0, 0.1) is 13.8 Å². The minimum absolute atomic E-state index is 0.202. The molecule has 0 atom stereocenters. The van der Waals surface area contributed by atoms with Crippen molar-refractivity contribution in [2.45, 2.75) is 19.4 Å². The Morgan fingerprint density at radius 2 is 1.90 bits per heavy atom. The van der Waals surface area contributed by atoms with Gasteiger partial charge in [-0.25, -0.2) is 4.79 Å². The molecule has 0 amide bonds. The van der Waals surface area contributed by atoms with Gasteiger partial charge in [0.25, 0.3) is 0 Å². The Balaban J connectivity index is 2.64. The first kappa shape index (κ1) is 14.9. The molecule has 0 aliphatic heterocycles. The van der Waals surface area contributed by atoms with Crippen LogP contribution in [0.3, 0.4) is 0 Å². The summed E-state index contributed by atoms with van der Waals surface area (Å²) in [7, 11) is -5.51. The maximum atomic E-state index is 12.4. The Bertz CT molecular complexity index is 833. The van der Waals surface area contributed by atoms with Crippen molar-refractivity contribution in [2.75, 3.05) is 4.72 Å². The van der Waals surface area contributed by atoms with Crippen LogP contribution in [-0.4, -0.2) is 13.9 Å². The van der Waals surface area contributed by atoms with Gasteiger partial charge in [0.2, 0.25) is 0 Å². The molecule has 0 fully saturated rings. The summed E-state index contributed by atoms with van der Waals surface area (Å²) in [6.07, 6.45) is 0. The first-order valence-corrected chi connectivity index (χ1v) is 7.46. The molecule has 0 saturated carbocycles. The number of sulfonamides is 1. The molecule has 2 aromatic rings. The zero-order valence-corrected chi connectivity index (χ0v) is 11.8. The maximum absolute atomic E-state index is 12.4. The summed E-state index contributed by atoms with van der Waals surface area (Å²) in [5.74, 6) is 0. The number of alkyl halides is 3. The number of anilines is 1. The SMILES string of the molecule is Cc1cc2oc(=O)sc2c(C)c1NS(=O)(=O)C(F)(F)F. The molecule has 1 heterocycles. The van der Waals surface area contributed by atoms with Crippen LogP contribution in [0.1, 0.15) is 11.1 Å². The number of aryl methyl sites for hydroxylation is 2. The first-order valence-electron chi connectivity index (χ1n) is 5.16. The highest BCUT2D eigenvalue weighted by atomic mass is 32.2. The molecule has 2 rings (SSSR count). The topological polar surface area (TPSA) is 76.4 Å². The van der Waals surface area contributed by atoms with Gasteiger partial charge in [0, 0.05) is 0 Å². The minimum Gasteiger partial charge on any atom is -0.414 e. The smallest absolute Gasteiger partial charge is 0.414 e. The van der Waals surface area contributed by atoms with Gasteiger partial charge in [0.05, 0.1) is 10.4 Å². The molecule has 1 aromatic carbocycles. The summed E-state index contributed by atoms with van der Waals surface area (Å²) in [6, 6.07) is 1.31. The molecule has 1 aromatic heterocycles. The van der Waals surface area contributed by atoms with Crippen molar-refractivity contribution in [3.8, 4) is 0 Å². The van der Waals surface area contributed by atoms with E-state index in [-0.39, 0.29) is 22.4 Å². The zero-order valence-electron chi connectivity index (χ0n) is 10.2. The Morgan fingerprint density at radius 3 is 2.45 bits per heavy atom. The van der Waals surface area contributed by atoms with Gasteiger partial charge >= 0.3 is 20.5 Å². The van der Waals surface area contributed by atoms with Crippen molar-refractivity contribution < 1.29 is 26.0 Å². The number of hydrogen-bond acceptors (Lipinski definition) is 5. The Kier molecular flexibility index (Phi) is 3.33. The van der Waals surface area contributed by atoms with E-state index in [1.807, 2.05) is 0 Å². The fourth-order valence-corrected chi connectivity index (χ4v) is 3.13. The summed E-state index contributed by atoms with van der Waals surface area (Å²) >= 11 is 0.697. The second kappa shape index (κ2) is 4.48. The van der Waals surface area contributed by atoms with Crippen molar-refractivity contribution in [1.29, 1.82) is 0 Å². The van der Waals surface area contributed by atoms with Gasteiger partial charge in [0.1, 0.15) is 5.58 Å². The van der Waals surface area contributed by atoms with Crippen molar-refractivity contribution in [1.82, 2.24) is 0 Å². The van der Waals surface area contributed by atoms with Crippen LogP contribution >= 0.6 is 11.3 Å². The monoisotopic (exact) mass is 327 g/mol. The van der Waals surface area contributed by atoms with Gasteiger partial charge in [-0.15, -0.1) is 0 Å². The third-order valence-electron chi connectivity index (χ3n) is 2.60. The predicted molar refractivity (Wildman–Crippen MR) is 68.4 cm³/mol. The first-order chi connectivity index (χ1) is 9.03. The molecule has 0 aliphatic rings. The van der Waals surface area contributed by atoms with E-state index in [0.29, 0.717) is 16.0 Å². The van der Waals surface area contributed by atoms with E-state index in [9.17, 15) is 26.4 Å². The Labute approximate surface area is 115 Å². The van der Waals surface area contributed by atoms with Crippen LogP contribution in [0.2, 0.25) is 0 Å². The van der Waals surface area contributed by atoms with E-state index < -0.39 is 20.5 Å². The Hall–Kier alpha value is -1.55. The summed E-state index contributed by atoms with van der Waals surface area (Å²) in [5.41, 5.74) is -4.96. The molecule has 1 N–H and O–H groups in total. The molecular formula is C10H8F3NO4S2. The van der Waals surface area contributed by atoms with E-state index in [0.717, 1.165) is 0 Å². The molecular weight excluding hydrogens is 319 g/mol. The van der Waals surface area contributed by atoms with E-state index in [1.54, 1.807) is 0 Å². The number of rotatable bonds is 2. The second-order valence-corrected chi connectivity index (χ2v) is 6.65. The lowest BCUT2D eigenvalue weighted by molar-refractivity contribution is -0.0429. The molecule has 0 spiro atoms. The van der Waals surface area contributed by atoms with Gasteiger partial charge in [-0.3, -0.25) is 4.72 Å². The minimum atomic E-state index is -5.51. The lowest BCUT2D eigenvalue weighted by Gasteiger charge is -2.14. The fraction of sp³-hybridized carbons (Fsp3) is 0.300. The van der Waals surface area contributed by atoms with E-state index >= 15 is 0 Å². The average molecular weight is 327 g/mol. The molecule has 10 heteroatoms. The van der Waals surface area contributed by atoms with Crippen molar-refractivity contribution in [3.05, 3.63) is 26.9 Å². The van der Waals surface area contributed by atoms with Crippen LogP contribution < -0.4 is 9.66 Å². The van der Waals surface area contributed by atoms with Crippen LogP contribution in [0.5, 0.6) is 0 Å². The summed E-state index contributed by atoms with van der Waals surface area (Å²) in [5, 5.41) is 0. The number of benzene rings is 1. The highest BCUT2D eigenvalue weighted by Gasteiger charge is 2.46. The number of hydrogen-bond donors (Lipinski definition) is 1. The molecule has 20 heavy (non-hydrogen) atoms. The highest BCUT2D eigenvalue weighted by Crippen LogP contribution is 2.34. The molecule has 110 valence electrons. The average Bonchev–Trinajstić information content (AvgIpc) is 2.63. The summed E-state index contributed by atoms with van der Waals surface area (Å²) in [6.45, 7) is 2.83. The van der Waals surface area contributed by atoms with Crippen molar-refractivity contribution in [3.63, 3.8) is 0 Å². The standard InChI is InChI=1S/C10H8F3NO4S2/c1-4-3-6-8(19-9(15)18-6)5(2)7(4)14-20(16,17)10(11,12)13/h3,14H,1-2H3. The highest BCUT2D eigenvalue weighted by molar-refractivity contribution is 7.93. The van der Waals surface area contributed by atoms with E-state index in [2.05, 4.69) is 0 Å². The molecule has 0 radical (unpaired) electrons. The van der Waals surface area contributed by atoms with Crippen molar-refractivity contribution in [2.24, 2.45) is 0 Å². The quantitative estimate of drug-likeness (QED) is 0.920. The summed E-state index contributed by atoms with van der Waals surface area (Å²) in [4.78, 5) is 10.5. The lowest BCUT2D eigenvalue weighted by Crippen LogP contribution is -2.30. The summed E-state index contributed by atoms with van der Waals surface area (Å²) < 4.78 is 66.1.